The van der Waals surface area contributed by atoms with Crippen molar-refractivity contribution in [2.24, 2.45) is 0 Å². The summed E-state index contributed by atoms with van der Waals surface area (Å²) in [5, 5.41) is 8.59. The first-order valence-corrected chi connectivity index (χ1v) is 6.99. The highest BCUT2D eigenvalue weighted by molar-refractivity contribution is 5.32. The Hall–Kier alpha value is -1.37. The largest absolute Gasteiger partial charge is 0.371 e. The Balaban J connectivity index is 1.98. The number of nitriles is 1. The van der Waals surface area contributed by atoms with Crippen LogP contribution in [0.5, 0.6) is 0 Å². The number of morpholine rings is 1. The van der Waals surface area contributed by atoms with Crippen molar-refractivity contribution < 1.29 is 4.74 Å². The Labute approximate surface area is 115 Å². The average molecular weight is 258 g/mol. The maximum Gasteiger partial charge on any atom is 0.0954 e. The van der Waals surface area contributed by atoms with Crippen molar-refractivity contribution in [1.29, 1.82) is 5.26 Å². The van der Waals surface area contributed by atoms with Gasteiger partial charge >= 0.3 is 0 Å². The Morgan fingerprint density at radius 2 is 2.26 bits per heavy atom. The molecule has 19 heavy (non-hydrogen) atoms. The standard InChI is InChI=1S/C16H22N2O/c1-13-5-6-15(14(2)11-13)16-12-18(9-10-19-16)8-4-3-7-17/h5-6,11,16H,3-4,8-10,12H2,1-2H3/t16-/m1/s1. The van der Waals surface area contributed by atoms with Gasteiger partial charge in [-0.3, -0.25) is 4.90 Å². The predicted molar refractivity (Wildman–Crippen MR) is 75.9 cm³/mol. The second-order valence-electron chi connectivity index (χ2n) is 5.28. The van der Waals surface area contributed by atoms with Crippen LogP contribution in [0, 0.1) is 25.2 Å². The molecule has 1 atom stereocenters. The van der Waals surface area contributed by atoms with Crippen molar-refractivity contribution in [3.8, 4) is 6.07 Å². The van der Waals surface area contributed by atoms with Gasteiger partial charge in [0, 0.05) is 19.5 Å². The highest BCUT2D eigenvalue weighted by Gasteiger charge is 2.22. The van der Waals surface area contributed by atoms with Gasteiger partial charge in [-0.25, -0.2) is 0 Å². The average Bonchev–Trinajstić information content (AvgIpc) is 2.39. The van der Waals surface area contributed by atoms with Gasteiger partial charge in [-0.05, 0) is 37.9 Å². The van der Waals surface area contributed by atoms with E-state index in [4.69, 9.17) is 10.00 Å². The van der Waals surface area contributed by atoms with Crippen molar-refractivity contribution >= 4 is 0 Å². The summed E-state index contributed by atoms with van der Waals surface area (Å²) in [5.74, 6) is 0. The van der Waals surface area contributed by atoms with Gasteiger partial charge in [0.25, 0.3) is 0 Å². The first-order valence-electron chi connectivity index (χ1n) is 6.99. The fraction of sp³-hybridized carbons (Fsp3) is 0.562. The molecule has 2 rings (SSSR count). The minimum Gasteiger partial charge on any atom is -0.371 e. The summed E-state index contributed by atoms with van der Waals surface area (Å²) in [5.41, 5.74) is 3.90. The zero-order valence-corrected chi connectivity index (χ0v) is 11.9. The third-order valence-corrected chi connectivity index (χ3v) is 3.69. The van der Waals surface area contributed by atoms with Crippen LogP contribution < -0.4 is 0 Å². The van der Waals surface area contributed by atoms with E-state index in [-0.39, 0.29) is 6.10 Å². The third kappa shape index (κ3) is 3.79. The van der Waals surface area contributed by atoms with Crippen LogP contribution in [-0.2, 0) is 4.74 Å². The molecule has 102 valence electrons. The minimum atomic E-state index is 0.177. The zero-order valence-electron chi connectivity index (χ0n) is 11.9. The molecule has 0 amide bonds. The number of hydrogen-bond acceptors (Lipinski definition) is 3. The molecule has 3 nitrogen and oxygen atoms in total. The van der Waals surface area contributed by atoms with Gasteiger partial charge in [-0.15, -0.1) is 0 Å². The number of nitrogens with zero attached hydrogens (tertiary/aromatic N) is 2. The summed E-state index contributed by atoms with van der Waals surface area (Å²) < 4.78 is 5.91. The number of rotatable bonds is 4. The van der Waals surface area contributed by atoms with Crippen molar-refractivity contribution in [2.45, 2.75) is 32.8 Å². The maximum absolute atomic E-state index is 8.59. The van der Waals surface area contributed by atoms with Gasteiger partial charge in [0.05, 0.1) is 18.8 Å². The molecule has 1 aromatic carbocycles. The summed E-state index contributed by atoms with van der Waals surface area (Å²) in [6, 6.07) is 8.76. The van der Waals surface area contributed by atoms with E-state index in [9.17, 15) is 0 Å². The van der Waals surface area contributed by atoms with E-state index in [0.717, 1.165) is 32.7 Å². The van der Waals surface area contributed by atoms with Gasteiger partial charge in [-0.2, -0.15) is 5.26 Å². The first-order chi connectivity index (χ1) is 9.20. The van der Waals surface area contributed by atoms with Crippen LogP contribution in [0.25, 0.3) is 0 Å². The predicted octanol–water partition coefficient (Wildman–Crippen LogP) is 2.98. The summed E-state index contributed by atoms with van der Waals surface area (Å²) in [7, 11) is 0. The molecule has 1 aliphatic heterocycles. The molecule has 0 unspecified atom stereocenters. The molecule has 3 heteroatoms. The van der Waals surface area contributed by atoms with E-state index in [1.807, 2.05) is 0 Å². The first kappa shape index (κ1) is 14.0. The lowest BCUT2D eigenvalue weighted by molar-refractivity contribution is -0.0303. The molecule has 1 aromatic rings. The Morgan fingerprint density at radius 3 is 3.00 bits per heavy atom. The molecule has 0 N–H and O–H groups in total. The normalized spacial score (nSPS) is 20.2. The van der Waals surface area contributed by atoms with E-state index < -0.39 is 0 Å². The van der Waals surface area contributed by atoms with Crippen molar-refractivity contribution in [3.05, 3.63) is 34.9 Å². The van der Waals surface area contributed by atoms with Crippen molar-refractivity contribution in [1.82, 2.24) is 4.90 Å². The number of aryl methyl sites for hydroxylation is 2. The van der Waals surface area contributed by atoms with E-state index in [0.29, 0.717) is 6.42 Å². The van der Waals surface area contributed by atoms with Crippen LogP contribution in [0.2, 0.25) is 0 Å². The van der Waals surface area contributed by atoms with E-state index >= 15 is 0 Å². The minimum absolute atomic E-state index is 0.177. The number of ether oxygens (including phenoxy) is 1. The Kier molecular flexibility index (Phi) is 4.95. The topological polar surface area (TPSA) is 36.3 Å². The van der Waals surface area contributed by atoms with E-state index in [1.54, 1.807) is 0 Å². The van der Waals surface area contributed by atoms with Crippen LogP contribution >= 0.6 is 0 Å². The quantitative estimate of drug-likeness (QED) is 0.779. The molecule has 0 spiro atoms. The highest BCUT2D eigenvalue weighted by atomic mass is 16.5. The molecule has 1 aliphatic rings. The zero-order chi connectivity index (χ0) is 13.7. The van der Waals surface area contributed by atoms with Gasteiger partial charge in [0.2, 0.25) is 0 Å². The summed E-state index contributed by atoms with van der Waals surface area (Å²) in [6.07, 6.45) is 1.78. The monoisotopic (exact) mass is 258 g/mol. The lowest BCUT2D eigenvalue weighted by Crippen LogP contribution is -2.39. The van der Waals surface area contributed by atoms with Gasteiger partial charge in [0.1, 0.15) is 0 Å². The SMILES string of the molecule is Cc1ccc([C@H]2CN(CCCC#N)CCO2)c(C)c1. The van der Waals surface area contributed by atoms with E-state index in [1.165, 1.54) is 16.7 Å². The van der Waals surface area contributed by atoms with Gasteiger partial charge in [0.15, 0.2) is 0 Å². The third-order valence-electron chi connectivity index (χ3n) is 3.69. The molecule has 1 saturated heterocycles. The molecule has 0 radical (unpaired) electrons. The van der Waals surface area contributed by atoms with Crippen molar-refractivity contribution in [2.75, 3.05) is 26.2 Å². The van der Waals surface area contributed by atoms with Crippen LogP contribution in [0.15, 0.2) is 18.2 Å². The lowest BCUT2D eigenvalue weighted by Gasteiger charge is -2.33. The maximum atomic E-state index is 8.59. The number of hydrogen-bond donors (Lipinski definition) is 0. The van der Waals surface area contributed by atoms with Crippen LogP contribution in [0.4, 0.5) is 0 Å². The summed E-state index contributed by atoms with van der Waals surface area (Å²) in [4.78, 5) is 2.41. The molecule has 1 heterocycles. The molecule has 0 aliphatic carbocycles. The lowest BCUT2D eigenvalue weighted by atomic mass is 10.00. The van der Waals surface area contributed by atoms with Gasteiger partial charge in [-0.1, -0.05) is 23.8 Å². The van der Waals surface area contributed by atoms with Crippen LogP contribution in [-0.4, -0.2) is 31.1 Å². The highest BCUT2D eigenvalue weighted by Crippen LogP contribution is 2.25. The number of benzene rings is 1. The second kappa shape index (κ2) is 6.70. The van der Waals surface area contributed by atoms with E-state index in [2.05, 4.69) is 43.0 Å². The Morgan fingerprint density at radius 1 is 1.42 bits per heavy atom. The molecule has 0 saturated carbocycles. The molecular weight excluding hydrogens is 236 g/mol. The molecule has 0 aromatic heterocycles. The number of unbranched alkanes of at least 4 members (excludes halogenated alkanes) is 1. The second-order valence-corrected chi connectivity index (χ2v) is 5.28. The van der Waals surface area contributed by atoms with Gasteiger partial charge < -0.3 is 4.74 Å². The fourth-order valence-electron chi connectivity index (χ4n) is 2.66. The fourth-order valence-corrected chi connectivity index (χ4v) is 2.66. The summed E-state index contributed by atoms with van der Waals surface area (Å²) in [6.45, 7) is 7.97. The summed E-state index contributed by atoms with van der Waals surface area (Å²) >= 11 is 0. The Bertz CT molecular complexity index is 464. The van der Waals surface area contributed by atoms with Crippen LogP contribution in [0.3, 0.4) is 0 Å². The smallest absolute Gasteiger partial charge is 0.0954 e. The molecule has 1 fully saturated rings. The van der Waals surface area contributed by atoms with Crippen LogP contribution in [0.1, 0.15) is 35.6 Å². The van der Waals surface area contributed by atoms with Crippen molar-refractivity contribution in [3.63, 3.8) is 0 Å². The molecular formula is C16H22N2O. The molecule has 0 bridgehead atoms.